The van der Waals surface area contributed by atoms with Crippen LogP contribution in [0.3, 0.4) is 0 Å². The first-order valence-electron chi connectivity index (χ1n) is 10.8. The van der Waals surface area contributed by atoms with Gasteiger partial charge in [-0.05, 0) is 80.0 Å². The SMILES string of the molecule is C[C@]12CC[C@@H]3c4ccc(OS(=O)(=O)C(F)(F)C(F)(F)C(F)(F)C(F)(F)F)cc4CC[C@H]3[C@@H]1CCO2. The van der Waals surface area contributed by atoms with Crippen molar-refractivity contribution in [3.63, 3.8) is 0 Å². The molecule has 1 saturated heterocycles. The second kappa shape index (κ2) is 7.90. The normalized spacial score (nSPS) is 29.8. The summed E-state index contributed by atoms with van der Waals surface area (Å²) in [4.78, 5) is 0. The summed E-state index contributed by atoms with van der Waals surface area (Å²) in [5.74, 6) is -15.0. The fraction of sp³-hybridized carbons (Fsp3) is 0.714. The highest BCUT2D eigenvalue weighted by molar-refractivity contribution is 7.88. The molecule has 4 rings (SSSR count). The highest BCUT2D eigenvalue weighted by Crippen LogP contribution is 2.57. The lowest BCUT2D eigenvalue weighted by Gasteiger charge is -2.48. The van der Waals surface area contributed by atoms with E-state index in [-0.39, 0.29) is 17.4 Å². The van der Waals surface area contributed by atoms with Gasteiger partial charge in [-0.1, -0.05) is 6.07 Å². The van der Waals surface area contributed by atoms with E-state index >= 15 is 0 Å². The van der Waals surface area contributed by atoms with Crippen LogP contribution in [0.2, 0.25) is 0 Å². The van der Waals surface area contributed by atoms with E-state index < -0.39 is 39.1 Å². The van der Waals surface area contributed by atoms with Crippen molar-refractivity contribution >= 4 is 10.1 Å². The first kappa shape index (κ1) is 26.4. The van der Waals surface area contributed by atoms with Gasteiger partial charge in [-0.25, -0.2) is 0 Å². The van der Waals surface area contributed by atoms with Crippen LogP contribution in [0.15, 0.2) is 18.2 Å². The zero-order valence-corrected chi connectivity index (χ0v) is 19.0. The maximum absolute atomic E-state index is 14.0. The van der Waals surface area contributed by atoms with Gasteiger partial charge >= 0.3 is 33.4 Å². The molecule has 0 aromatic heterocycles. The molecule has 1 aromatic rings. The zero-order valence-electron chi connectivity index (χ0n) is 18.1. The molecule has 0 amide bonds. The maximum Gasteiger partial charge on any atom is 0.460 e. The van der Waals surface area contributed by atoms with Crippen LogP contribution >= 0.6 is 0 Å². The van der Waals surface area contributed by atoms with Gasteiger partial charge < -0.3 is 8.92 Å². The molecule has 14 heteroatoms. The molecular weight excluding hydrogens is 519 g/mol. The Morgan fingerprint density at radius 1 is 0.971 bits per heavy atom. The van der Waals surface area contributed by atoms with E-state index in [2.05, 4.69) is 11.1 Å². The van der Waals surface area contributed by atoms with E-state index in [4.69, 9.17) is 4.74 Å². The third-order valence-corrected chi connectivity index (χ3v) is 8.82. The molecule has 4 nitrogen and oxygen atoms in total. The molecule has 3 aliphatic rings. The van der Waals surface area contributed by atoms with Crippen molar-refractivity contribution < 1.29 is 56.9 Å². The first-order chi connectivity index (χ1) is 15.9. The summed E-state index contributed by atoms with van der Waals surface area (Å²) in [6.07, 6.45) is -3.74. The molecular formula is C21H21F9O4S. The number of fused-ring (bicyclic) bond motifs is 5. The lowest BCUT2D eigenvalue weighted by Crippen LogP contribution is -2.63. The number of hydrogen-bond donors (Lipinski definition) is 0. The van der Waals surface area contributed by atoms with Crippen molar-refractivity contribution in [2.24, 2.45) is 11.8 Å². The van der Waals surface area contributed by atoms with Crippen LogP contribution in [0.1, 0.15) is 49.7 Å². The van der Waals surface area contributed by atoms with Crippen LogP contribution in [0.5, 0.6) is 5.75 Å². The minimum Gasteiger partial charge on any atom is -0.378 e. The van der Waals surface area contributed by atoms with Crippen LogP contribution in [0.25, 0.3) is 0 Å². The summed E-state index contributed by atoms with van der Waals surface area (Å²) in [5, 5.41) is -6.89. The molecule has 0 unspecified atom stereocenters. The van der Waals surface area contributed by atoms with Gasteiger partial charge in [0.05, 0.1) is 5.60 Å². The number of hydrogen-bond acceptors (Lipinski definition) is 4. The summed E-state index contributed by atoms with van der Waals surface area (Å²) < 4.78 is 152. The Hall–Kier alpha value is -1.70. The molecule has 35 heavy (non-hydrogen) atoms. The minimum absolute atomic E-state index is 0.0560. The van der Waals surface area contributed by atoms with Crippen LogP contribution < -0.4 is 4.18 Å². The van der Waals surface area contributed by atoms with Gasteiger partial charge in [-0.15, -0.1) is 0 Å². The highest BCUT2D eigenvalue weighted by atomic mass is 32.2. The van der Waals surface area contributed by atoms with Crippen molar-refractivity contribution in [3.8, 4) is 5.75 Å². The molecule has 4 atom stereocenters. The van der Waals surface area contributed by atoms with Gasteiger partial charge in [-0.2, -0.15) is 47.9 Å². The third-order valence-electron chi connectivity index (χ3n) is 7.53. The van der Waals surface area contributed by atoms with Gasteiger partial charge in [0.25, 0.3) is 0 Å². The summed E-state index contributed by atoms with van der Waals surface area (Å²) in [7, 11) is -6.96. The summed E-state index contributed by atoms with van der Waals surface area (Å²) in [5.41, 5.74) is 1.04. The molecule has 1 heterocycles. The number of alkyl halides is 9. The lowest BCUT2D eigenvalue weighted by atomic mass is 9.59. The second-order valence-electron chi connectivity index (χ2n) is 9.47. The molecule has 0 spiro atoms. The van der Waals surface area contributed by atoms with Gasteiger partial charge in [0.15, 0.2) is 0 Å². The monoisotopic (exact) mass is 540 g/mol. The molecule has 0 N–H and O–H groups in total. The van der Waals surface area contributed by atoms with Crippen molar-refractivity contribution in [2.75, 3.05) is 6.61 Å². The van der Waals surface area contributed by atoms with Crippen molar-refractivity contribution in [1.82, 2.24) is 0 Å². The van der Waals surface area contributed by atoms with E-state index in [0.29, 0.717) is 30.9 Å². The largest absolute Gasteiger partial charge is 0.460 e. The van der Waals surface area contributed by atoms with E-state index in [1.54, 1.807) is 0 Å². The lowest BCUT2D eigenvalue weighted by molar-refractivity contribution is -0.382. The molecule has 1 saturated carbocycles. The average molecular weight is 540 g/mol. The van der Waals surface area contributed by atoms with Gasteiger partial charge in [0.2, 0.25) is 0 Å². The summed E-state index contributed by atoms with van der Waals surface area (Å²) >= 11 is 0. The molecule has 1 aromatic carbocycles. The van der Waals surface area contributed by atoms with Gasteiger partial charge in [-0.3, -0.25) is 0 Å². The smallest absolute Gasteiger partial charge is 0.378 e. The van der Waals surface area contributed by atoms with Crippen molar-refractivity contribution in [3.05, 3.63) is 29.3 Å². The van der Waals surface area contributed by atoms with Crippen LogP contribution in [0, 0.1) is 11.8 Å². The van der Waals surface area contributed by atoms with E-state index in [1.165, 1.54) is 6.07 Å². The van der Waals surface area contributed by atoms with E-state index in [1.807, 2.05) is 0 Å². The van der Waals surface area contributed by atoms with Gasteiger partial charge in [0.1, 0.15) is 5.75 Å². The Balaban J connectivity index is 1.59. The number of rotatable bonds is 5. The van der Waals surface area contributed by atoms with E-state index in [0.717, 1.165) is 37.0 Å². The predicted molar refractivity (Wildman–Crippen MR) is 103 cm³/mol. The van der Waals surface area contributed by atoms with Gasteiger partial charge in [0, 0.05) is 6.61 Å². The first-order valence-corrected chi connectivity index (χ1v) is 12.2. The molecule has 0 bridgehead atoms. The predicted octanol–water partition coefficient (Wildman–Crippen LogP) is 6.06. The fourth-order valence-corrected chi connectivity index (χ4v) is 6.62. The topological polar surface area (TPSA) is 52.6 Å². The third kappa shape index (κ3) is 3.80. The minimum atomic E-state index is -7.34. The highest BCUT2D eigenvalue weighted by Gasteiger charge is 2.86. The zero-order chi connectivity index (χ0) is 26.2. The molecule has 2 fully saturated rings. The van der Waals surface area contributed by atoms with Crippen molar-refractivity contribution in [2.45, 2.75) is 73.8 Å². The maximum atomic E-state index is 14.0. The van der Waals surface area contributed by atoms with E-state index in [9.17, 15) is 47.9 Å². The van der Waals surface area contributed by atoms with Crippen LogP contribution in [-0.2, 0) is 21.3 Å². The Kier molecular flexibility index (Phi) is 5.95. The van der Waals surface area contributed by atoms with Crippen LogP contribution in [-0.4, -0.2) is 43.9 Å². The average Bonchev–Trinajstić information content (AvgIpc) is 3.13. The molecule has 0 radical (unpaired) electrons. The Bertz CT molecular complexity index is 1100. The number of ether oxygens (including phenoxy) is 1. The molecule has 2 aliphatic carbocycles. The van der Waals surface area contributed by atoms with Crippen molar-refractivity contribution in [1.29, 1.82) is 0 Å². The Morgan fingerprint density at radius 3 is 2.26 bits per heavy atom. The molecule has 1 aliphatic heterocycles. The second-order valence-corrected chi connectivity index (χ2v) is 11.1. The number of benzene rings is 1. The summed E-state index contributed by atoms with van der Waals surface area (Å²) in [6.45, 7) is 2.69. The Labute approximate surface area is 194 Å². The standard InChI is InChI=1S/C21H21F9O4S/c1-17-8-6-14-13-5-3-12(10-11(13)2-4-15(14)16(17)7-9-33-17)34-35(31,32)21(29,30)19(24,25)18(22,23)20(26,27)28/h3,5,10,14-16H,2,4,6-9H2,1H3/t14-,15-,16+,17+/m1/s1. The number of halogens is 9. The summed E-state index contributed by atoms with van der Waals surface area (Å²) in [6, 6.07) is 3.29. The fourth-order valence-electron chi connectivity index (χ4n) is 5.71. The number of aryl methyl sites for hydroxylation is 1. The quantitative estimate of drug-likeness (QED) is 0.337. The Morgan fingerprint density at radius 2 is 1.63 bits per heavy atom. The molecule has 198 valence electrons. The van der Waals surface area contributed by atoms with Crippen LogP contribution in [0.4, 0.5) is 39.5 Å².